The van der Waals surface area contributed by atoms with E-state index < -0.39 is 0 Å². The van der Waals surface area contributed by atoms with Gasteiger partial charge in [0.2, 0.25) is 0 Å². The fourth-order valence-electron chi connectivity index (χ4n) is 2.55. The van der Waals surface area contributed by atoms with E-state index in [9.17, 15) is 0 Å². The molecule has 0 bridgehead atoms. The van der Waals surface area contributed by atoms with Gasteiger partial charge in [-0.2, -0.15) is 0 Å². The van der Waals surface area contributed by atoms with Crippen LogP contribution in [0, 0.1) is 12.3 Å². The summed E-state index contributed by atoms with van der Waals surface area (Å²) in [6, 6.07) is 10.4. The van der Waals surface area contributed by atoms with Crippen LogP contribution in [0.15, 0.2) is 30.3 Å². The van der Waals surface area contributed by atoms with Gasteiger partial charge in [-0.3, -0.25) is 4.90 Å². The molecule has 18 heavy (non-hydrogen) atoms. The number of hydrogen-bond donors (Lipinski definition) is 0. The van der Waals surface area contributed by atoms with Crippen LogP contribution in [0.3, 0.4) is 0 Å². The van der Waals surface area contributed by atoms with Crippen LogP contribution in [-0.2, 0) is 6.54 Å². The predicted octanol–water partition coefficient (Wildman–Crippen LogP) is 2.81. The number of fused-ring (bicyclic) bond motifs is 1. The molecule has 2 heteroatoms. The Morgan fingerprint density at radius 1 is 1.17 bits per heavy atom. The van der Waals surface area contributed by atoms with Crippen molar-refractivity contribution in [2.75, 3.05) is 13.1 Å². The highest BCUT2D eigenvalue weighted by molar-refractivity contribution is 5.79. The molecule has 0 saturated carbocycles. The molecule has 90 valence electrons. The maximum absolute atomic E-state index is 5.36. The van der Waals surface area contributed by atoms with Crippen LogP contribution in [0.5, 0.6) is 0 Å². The highest BCUT2D eigenvalue weighted by Gasteiger charge is 2.11. The summed E-state index contributed by atoms with van der Waals surface area (Å²) >= 11 is 0. The number of aromatic nitrogens is 1. The molecular weight excluding hydrogens is 220 g/mol. The summed E-state index contributed by atoms with van der Waals surface area (Å²) in [6.07, 6.45) is 8.03. The van der Waals surface area contributed by atoms with E-state index in [4.69, 9.17) is 6.42 Å². The Bertz CT molecular complexity index is 604. The highest BCUT2D eigenvalue weighted by Crippen LogP contribution is 2.18. The zero-order valence-electron chi connectivity index (χ0n) is 10.4. The van der Waals surface area contributed by atoms with Crippen molar-refractivity contribution in [3.63, 3.8) is 0 Å². The molecule has 1 aliphatic rings. The molecule has 0 radical (unpaired) electrons. The average molecular weight is 236 g/mol. The van der Waals surface area contributed by atoms with E-state index >= 15 is 0 Å². The van der Waals surface area contributed by atoms with Crippen molar-refractivity contribution in [1.82, 2.24) is 9.88 Å². The quantitative estimate of drug-likeness (QED) is 0.745. The monoisotopic (exact) mass is 236 g/mol. The predicted molar refractivity (Wildman–Crippen MR) is 74.2 cm³/mol. The van der Waals surface area contributed by atoms with E-state index in [1.165, 1.54) is 36.9 Å². The van der Waals surface area contributed by atoms with Gasteiger partial charge in [-0.15, -0.1) is 6.42 Å². The standard InChI is InChI=1S/C16H16N2/c1-2-15-7-6-14-11-13(5-8-16(14)17-15)12-18-9-3-4-10-18/h1,5-8,11H,3-4,9-10,12H2. The number of benzene rings is 1. The lowest BCUT2D eigenvalue weighted by atomic mass is 10.1. The van der Waals surface area contributed by atoms with E-state index in [-0.39, 0.29) is 0 Å². The molecule has 3 rings (SSSR count). The Labute approximate surface area is 108 Å². The van der Waals surface area contributed by atoms with Crippen LogP contribution < -0.4 is 0 Å². The number of nitrogens with zero attached hydrogens (tertiary/aromatic N) is 2. The van der Waals surface area contributed by atoms with Gasteiger partial charge in [-0.05, 0) is 55.8 Å². The third-order valence-electron chi connectivity index (χ3n) is 3.51. The molecule has 2 aromatic rings. The van der Waals surface area contributed by atoms with Crippen molar-refractivity contribution in [2.24, 2.45) is 0 Å². The lowest BCUT2D eigenvalue weighted by molar-refractivity contribution is 0.331. The second kappa shape index (κ2) is 4.80. The van der Waals surface area contributed by atoms with Crippen molar-refractivity contribution in [1.29, 1.82) is 0 Å². The summed E-state index contributed by atoms with van der Waals surface area (Å²) in [5, 5.41) is 1.17. The first-order chi connectivity index (χ1) is 8.85. The molecule has 2 nitrogen and oxygen atoms in total. The first-order valence-electron chi connectivity index (χ1n) is 6.44. The number of rotatable bonds is 2. The van der Waals surface area contributed by atoms with Crippen LogP contribution in [0.4, 0.5) is 0 Å². The van der Waals surface area contributed by atoms with Crippen LogP contribution in [0.2, 0.25) is 0 Å². The second-order valence-corrected chi connectivity index (χ2v) is 4.85. The van der Waals surface area contributed by atoms with Crippen molar-refractivity contribution >= 4 is 10.9 Å². The van der Waals surface area contributed by atoms with Crippen LogP contribution >= 0.6 is 0 Å². The molecule has 0 aliphatic carbocycles. The van der Waals surface area contributed by atoms with Gasteiger partial charge in [0.05, 0.1) is 5.52 Å². The maximum atomic E-state index is 5.36. The Morgan fingerprint density at radius 3 is 2.78 bits per heavy atom. The van der Waals surface area contributed by atoms with Crippen molar-refractivity contribution in [2.45, 2.75) is 19.4 Å². The molecule has 1 saturated heterocycles. The van der Waals surface area contributed by atoms with E-state index in [0.29, 0.717) is 5.69 Å². The third-order valence-corrected chi connectivity index (χ3v) is 3.51. The van der Waals surface area contributed by atoms with Crippen molar-refractivity contribution in [3.05, 3.63) is 41.6 Å². The van der Waals surface area contributed by atoms with Gasteiger partial charge in [0.15, 0.2) is 0 Å². The third kappa shape index (κ3) is 2.23. The van der Waals surface area contributed by atoms with Gasteiger partial charge >= 0.3 is 0 Å². The summed E-state index contributed by atoms with van der Waals surface area (Å²) in [7, 11) is 0. The van der Waals surface area contributed by atoms with Gasteiger partial charge in [-0.1, -0.05) is 12.0 Å². The zero-order chi connectivity index (χ0) is 12.4. The van der Waals surface area contributed by atoms with E-state index in [0.717, 1.165) is 12.1 Å². The Morgan fingerprint density at radius 2 is 2.00 bits per heavy atom. The minimum absolute atomic E-state index is 0.704. The summed E-state index contributed by atoms with van der Waals surface area (Å²) in [5.41, 5.74) is 3.05. The Balaban J connectivity index is 1.89. The van der Waals surface area contributed by atoms with Crippen molar-refractivity contribution in [3.8, 4) is 12.3 Å². The number of pyridine rings is 1. The normalized spacial score (nSPS) is 15.9. The minimum Gasteiger partial charge on any atom is -0.299 e. The molecule has 0 amide bonds. The van der Waals surface area contributed by atoms with E-state index in [2.05, 4.69) is 40.1 Å². The number of likely N-dealkylation sites (tertiary alicyclic amines) is 1. The summed E-state index contributed by atoms with van der Waals surface area (Å²) in [6.45, 7) is 3.51. The maximum Gasteiger partial charge on any atom is 0.113 e. The lowest BCUT2D eigenvalue weighted by Crippen LogP contribution is -2.18. The summed E-state index contributed by atoms with van der Waals surface area (Å²) in [5.74, 6) is 2.57. The van der Waals surface area contributed by atoms with E-state index in [1.807, 2.05) is 6.07 Å². The number of hydrogen-bond acceptors (Lipinski definition) is 2. The molecule has 2 heterocycles. The molecule has 1 aromatic heterocycles. The summed E-state index contributed by atoms with van der Waals surface area (Å²) in [4.78, 5) is 6.92. The largest absolute Gasteiger partial charge is 0.299 e. The molecule has 0 unspecified atom stereocenters. The zero-order valence-corrected chi connectivity index (χ0v) is 10.4. The van der Waals surface area contributed by atoms with Gasteiger partial charge in [0.1, 0.15) is 5.69 Å². The Kier molecular flexibility index (Phi) is 3.00. The van der Waals surface area contributed by atoms with Gasteiger partial charge < -0.3 is 0 Å². The lowest BCUT2D eigenvalue weighted by Gasteiger charge is -2.14. The molecular formula is C16H16N2. The first kappa shape index (κ1) is 11.3. The van der Waals surface area contributed by atoms with Crippen LogP contribution in [0.1, 0.15) is 24.1 Å². The highest BCUT2D eigenvalue weighted by atomic mass is 15.1. The molecule has 0 spiro atoms. The number of terminal acetylenes is 1. The summed E-state index contributed by atoms with van der Waals surface area (Å²) < 4.78 is 0. The van der Waals surface area contributed by atoms with Crippen LogP contribution in [0.25, 0.3) is 10.9 Å². The van der Waals surface area contributed by atoms with Gasteiger partial charge in [0.25, 0.3) is 0 Å². The molecule has 0 atom stereocenters. The fourth-order valence-corrected chi connectivity index (χ4v) is 2.55. The molecule has 1 aliphatic heterocycles. The van der Waals surface area contributed by atoms with Crippen molar-refractivity contribution < 1.29 is 0 Å². The topological polar surface area (TPSA) is 16.1 Å². The fraction of sp³-hybridized carbons (Fsp3) is 0.312. The van der Waals surface area contributed by atoms with Gasteiger partial charge in [0, 0.05) is 11.9 Å². The smallest absolute Gasteiger partial charge is 0.113 e. The molecule has 0 N–H and O–H groups in total. The second-order valence-electron chi connectivity index (χ2n) is 4.85. The van der Waals surface area contributed by atoms with E-state index in [1.54, 1.807) is 0 Å². The molecule has 1 fully saturated rings. The SMILES string of the molecule is C#Cc1ccc2cc(CN3CCCC3)ccc2n1. The minimum atomic E-state index is 0.704. The van der Waals surface area contributed by atoms with Crippen LogP contribution in [-0.4, -0.2) is 23.0 Å². The Hall–Kier alpha value is -1.85. The van der Waals surface area contributed by atoms with Gasteiger partial charge in [-0.25, -0.2) is 4.98 Å². The average Bonchev–Trinajstić information content (AvgIpc) is 2.91. The first-order valence-corrected chi connectivity index (χ1v) is 6.44. The molecule has 1 aromatic carbocycles.